The predicted octanol–water partition coefficient (Wildman–Crippen LogP) is 2.74. The zero-order valence-electron chi connectivity index (χ0n) is 10.5. The summed E-state index contributed by atoms with van der Waals surface area (Å²) in [6, 6.07) is 7.69. The van der Waals surface area contributed by atoms with Gasteiger partial charge in [0.2, 0.25) is 10.0 Å². The van der Waals surface area contributed by atoms with E-state index in [0.717, 1.165) is 24.0 Å². The molecule has 0 atom stereocenters. The Kier molecular flexibility index (Phi) is 4.30. The summed E-state index contributed by atoms with van der Waals surface area (Å²) in [4.78, 5) is 0. The monoisotopic (exact) mass is 287 g/mol. The Bertz CT molecular complexity index is 494. The number of nitrogens with zero attached hydrogens (tertiary/aromatic N) is 1. The van der Waals surface area contributed by atoms with E-state index in [4.69, 9.17) is 11.6 Å². The third kappa shape index (κ3) is 3.25. The zero-order valence-corrected chi connectivity index (χ0v) is 12.0. The molecular weight excluding hydrogens is 270 g/mol. The van der Waals surface area contributed by atoms with Crippen LogP contribution in [0.1, 0.15) is 30.9 Å². The van der Waals surface area contributed by atoms with E-state index in [1.807, 2.05) is 31.2 Å². The summed E-state index contributed by atoms with van der Waals surface area (Å²) >= 11 is 5.71. The highest BCUT2D eigenvalue weighted by Gasteiger charge is 2.35. The first-order chi connectivity index (χ1) is 8.56. The molecule has 0 amide bonds. The molecule has 0 saturated heterocycles. The minimum Gasteiger partial charge on any atom is -0.212 e. The first-order valence-electron chi connectivity index (χ1n) is 6.20. The van der Waals surface area contributed by atoms with Crippen molar-refractivity contribution in [2.24, 2.45) is 0 Å². The van der Waals surface area contributed by atoms with Gasteiger partial charge < -0.3 is 0 Å². The third-order valence-corrected chi connectivity index (χ3v) is 5.43. The molecule has 2 rings (SSSR count). The second-order valence-corrected chi connectivity index (χ2v) is 6.83. The number of alkyl halides is 1. The van der Waals surface area contributed by atoms with E-state index in [0.29, 0.717) is 12.4 Å². The van der Waals surface area contributed by atoms with E-state index >= 15 is 0 Å². The van der Waals surface area contributed by atoms with Gasteiger partial charge in [-0.15, -0.1) is 11.6 Å². The maximum Gasteiger partial charge on any atom is 0.218 e. The molecule has 5 heteroatoms. The second kappa shape index (κ2) is 5.59. The van der Waals surface area contributed by atoms with Crippen molar-refractivity contribution in [3.63, 3.8) is 0 Å². The molecule has 1 fully saturated rings. The molecule has 1 saturated carbocycles. The van der Waals surface area contributed by atoms with Crippen molar-refractivity contribution in [1.29, 1.82) is 0 Å². The molecule has 1 aliphatic carbocycles. The minimum atomic E-state index is -3.18. The van der Waals surface area contributed by atoms with Gasteiger partial charge in [0, 0.05) is 18.5 Å². The van der Waals surface area contributed by atoms with Gasteiger partial charge in [-0.1, -0.05) is 31.2 Å². The summed E-state index contributed by atoms with van der Waals surface area (Å²) in [6.45, 7) is 2.46. The van der Waals surface area contributed by atoms with Crippen LogP contribution in [0, 0.1) is 0 Å². The SMILES string of the molecule is CCN(C1CC1)S(=O)(=O)Cc1ccc(CCl)cc1. The Balaban J connectivity index is 2.10. The highest BCUT2D eigenvalue weighted by Crippen LogP contribution is 2.30. The van der Waals surface area contributed by atoms with Gasteiger partial charge in [-0.2, -0.15) is 4.31 Å². The van der Waals surface area contributed by atoms with Crippen molar-refractivity contribution in [2.75, 3.05) is 6.54 Å². The molecule has 0 unspecified atom stereocenters. The van der Waals surface area contributed by atoms with E-state index in [-0.39, 0.29) is 11.8 Å². The van der Waals surface area contributed by atoms with Crippen LogP contribution in [0.3, 0.4) is 0 Å². The predicted molar refractivity (Wildman–Crippen MR) is 74.0 cm³/mol. The quantitative estimate of drug-likeness (QED) is 0.755. The van der Waals surface area contributed by atoms with Crippen LogP contribution in [0.25, 0.3) is 0 Å². The van der Waals surface area contributed by atoms with Crippen LogP contribution in [0.4, 0.5) is 0 Å². The molecule has 0 bridgehead atoms. The van der Waals surface area contributed by atoms with E-state index in [1.165, 1.54) is 0 Å². The number of halogens is 1. The van der Waals surface area contributed by atoms with Crippen LogP contribution in [0.15, 0.2) is 24.3 Å². The van der Waals surface area contributed by atoms with E-state index in [1.54, 1.807) is 4.31 Å². The van der Waals surface area contributed by atoms with Crippen molar-refractivity contribution in [3.05, 3.63) is 35.4 Å². The summed E-state index contributed by atoms with van der Waals surface area (Å²) in [5.74, 6) is 0.538. The Morgan fingerprint density at radius 2 is 1.78 bits per heavy atom. The summed E-state index contributed by atoms with van der Waals surface area (Å²) in [7, 11) is -3.18. The standard InChI is InChI=1S/C13H18ClNO2S/c1-2-15(13-7-8-13)18(16,17)10-12-5-3-11(9-14)4-6-12/h3-6,13H,2,7-10H2,1H3. The molecule has 18 heavy (non-hydrogen) atoms. The molecule has 100 valence electrons. The average Bonchev–Trinajstić information content (AvgIpc) is 3.14. The Morgan fingerprint density at radius 1 is 1.22 bits per heavy atom. The highest BCUT2D eigenvalue weighted by atomic mass is 35.5. The zero-order chi connectivity index (χ0) is 13.2. The van der Waals surface area contributed by atoms with Crippen molar-refractivity contribution in [3.8, 4) is 0 Å². The largest absolute Gasteiger partial charge is 0.218 e. The van der Waals surface area contributed by atoms with Crippen LogP contribution in [-0.2, 0) is 21.7 Å². The lowest BCUT2D eigenvalue weighted by Crippen LogP contribution is -2.33. The number of rotatable bonds is 6. The Morgan fingerprint density at radius 3 is 2.22 bits per heavy atom. The summed E-state index contributed by atoms with van der Waals surface area (Å²) in [6.07, 6.45) is 2.00. The van der Waals surface area contributed by atoms with E-state index in [9.17, 15) is 8.42 Å². The Labute approximate surface area is 114 Å². The van der Waals surface area contributed by atoms with E-state index in [2.05, 4.69) is 0 Å². The molecule has 0 N–H and O–H groups in total. The fraction of sp³-hybridized carbons (Fsp3) is 0.538. The summed E-state index contributed by atoms with van der Waals surface area (Å²) in [5, 5.41) is 0. The third-order valence-electron chi connectivity index (χ3n) is 3.15. The van der Waals surface area contributed by atoms with Crippen molar-refractivity contribution in [2.45, 2.75) is 37.4 Å². The van der Waals surface area contributed by atoms with Crippen LogP contribution in [0.5, 0.6) is 0 Å². The van der Waals surface area contributed by atoms with Crippen LogP contribution in [0.2, 0.25) is 0 Å². The second-order valence-electron chi connectivity index (χ2n) is 4.64. The fourth-order valence-electron chi connectivity index (χ4n) is 2.06. The van der Waals surface area contributed by atoms with Gasteiger partial charge in [0.05, 0.1) is 5.75 Å². The number of benzene rings is 1. The van der Waals surface area contributed by atoms with Gasteiger partial charge in [0.15, 0.2) is 0 Å². The topological polar surface area (TPSA) is 37.4 Å². The van der Waals surface area contributed by atoms with Gasteiger partial charge in [-0.25, -0.2) is 8.42 Å². The number of sulfonamides is 1. The molecular formula is C13H18ClNO2S. The smallest absolute Gasteiger partial charge is 0.212 e. The highest BCUT2D eigenvalue weighted by molar-refractivity contribution is 7.88. The molecule has 0 aliphatic heterocycles. The van der Waals surface area contributed by atoms with Crippen LogP contribution in [-0.4, -0.2) is 25.3 Å². The normalized spacial score (nSPS) is 16.2. The lowest BCUT2D eigenvalue weighted by molar-refractivity contribution is 0.420. The minimum absolute atomic E-state index is 0.0832. The molecule has 0 aromatic heterocycles. The lowest BCUT2D eigenvalue weighted by atomic mass is 10.2. The first-order valence-corrected chi connectivity index (χ1v) is 8.34. The molecule has 1 aromatic carbocycles. The van der Waals surface area contributed by atoms with Crippen molar-refractivity contribution in [1.82, 2.24) is 4.31 Å². The van der Waals surface area contributed by atoms with Crippen molar-refractivity contribution >= 4 is 21.6 Å². The average molecular weight is 288 g/mol. The number of hydrogen-bond donors (Lipinski definition) is 0. The molecule has 0 heterocycles. The van der Waals surface area contributed by atoms with Gasteiger partial charge in [0.1, 0.15) is 0 Å². The van der Waals surface area contributed by atoms with Crippen LogP contribution >= 0.6 is 11.6 Å². The molecule has 1 aromatic rings. The number of hydrogen-bond acceptors (Lipinski definition) is 2. The van der Waals surface area contributed by atoms with Crippen LogP contribution < -0.4 is 0 Å². The molecule has 1 aliphatic rings. The van der Waals surface area contributed by atoms with Gasteiger partial charge >= 0.3 is 0 Å². The maximum atomic E-state index is 12.3. The van der Waals surface area contributed by atoms with E-state index < -0.39 is 10.0 Å². The molecule has 3 nitrogen and oxygen atoms in total. The van der Waals surface area contributed by atoms with Gasteiger partial charge in [0.25, 0.3) is 0 Å². The molecule has 0 radical (unpaired) electrons. The van der Waals surface area contributed by atoms with Gasteiger partial charge in [-0.3, -0.25) is 0 Å². The first kappa shape index (κ1) is 13.8. The summed E-state index contributed by atoms with van der Waals surface area (Å²) < 4.78 is 26.2. The lowest BCUT2D eigenvalue weighted by Gasteiger charge is -2.19. The fourth-order valence-corrected chi connectivity index (χ4v) is 4.08. The molecule has 0 spiro atoms. The Hall–Kier alpha value is -0.580. The van der Waals surface area contributed by atoms with Gasteiger partial charge in [-0.05, 0) is 24.0 Å². The maximum absolute atomic E-state index is 12.3. The van der Waals surface area contributed by atoms with Crippen molar-refractivity contribution < 1.29 is 8.42 Å². The summed E-state index contributed by atoms with van der Waals surface area (Å²) in [5.41, 5.74) is 1.83.